The van der Waals surface area contributed by atoms with Crippen LogP contribution in [0, 0.1) is 10.1 Å². The maximum atomic E-state index is 14.0. The van der Waals surface area contributed by atoms with Crippen LogP contribution in [0.2, 0.25) is 5.02 Å². The van der Waals surface area contributed by atoms with Crippen LogP contribution in [-0.4, -0.2) is 55.4 Å². The third kappa shape index (κ3) is 9.29. The van der Waals surface area contributed by atoms with Gasteiger partial charge in [0, 0.05) is 36.7 Å². The summed E-state index contributed by atoms with van der Waals surface area (Å²) in [4.78, 5) is 39.6. The molecule has 0 bridgehead atoms. The second-order valence-corrected chi connectivity index (χ2v) is 11.9. The van der Waals surface area contributed by atoms with E-state index in [4.69, 9.17) is 11.6 Å². The van der Waals surface area contributed by atoms with Crippen LogP contribution in [0.25, 0.3) is 0 Å². The standard InChI is InChI=1S/C29H33ClN4O6S/c1-3-4-16-31-29(36)27(18-22-10-6-5-7-11-22)32(20-23-12-8-13-24(30)17-23)28(35)21-33(41(2,39)40)25-14-9-15-26(19-25)34(37)38/h5-15,17,19,27H,3-4,16,18,20-21H2,1-2H3,(H,31,36)/t27-/m1/s1. The molecule has 0 fully saturated rings. The van der Waals surface area contributed by atoms with E-state index in [0.29, 0.717) is 17.1 Å². The first-order chi connectivity index (χ1) is 19.5. The molecule has 2 amide bonds. The number of carbonyl (C=O) groups excluding carboxylic acids is 2. The minimum atomic E-state index is -4.05. The number of nitro benzene ring substituents is 1. The Morgan fingerprint density at radius 3 is 2.32 bits per heavy atom. The van der Waals surface area contributed by atoms with Crippen molar-refractivity contribution < 1.29 is 22.9 Å². The lowest BCUT2D eigenvalue weighted by Crippen LogP contribution is -2.53. The van der Waals surface area contributed by atoms with E-state index in [1.807, 2.05) is 37.3 Å². The van der Waals surface area contributed by atoms with Gasteiger partial charge in [0.15, 0.2) is 0 Å². The Kier molecular flexibility index (Phi) is 11.2. The van der Waals surface area contributed by atoms with Crippen LogP contribution < -0.4 is 9.62 Å². The van der Waals surface area contributed by atoms with Gasteiger partial charge >= 0.3 is 0 Å². The molecule has 0 heterocycles. The minimum Gasteiger partial charge on any atom is -0.354 e. The molecule has 0 aliphatic heterocycles. The van der Waals surface area contributed by atoms with Crippen molar-refractivity contribution in [2.75, 3.05) is 23.7 Å². The fourth-order valence-corrected chi connectivity index (χ4v) is 5.32. The Balaban J connectivity index is 2.05. The van der Waals surface area contributed by atoms with E-state index in [2.05, 4.69) is 5.32 Å². The zero-order chi connectivity index (χ0) is 30.0. The number of benzene rings is 3. The average molecular weight is 601 g/mol. The fourth-order valence-electron chi connectivity index (χ4n) is 4.27. The molecule has 12 heteroatoms. The lowest BCUT2D eigenvalue weighted by Gasteiger charge is -2.33. The second kappa shape index (κ2) is 14.6. The van der Waals surface area contributed by atoms with Gasteiger partial charge < -0.3 is 10.2 Å². The van der Waals surface area contributed by atoms with Crippen molar-refractivity contribution in [3.8, 4) is 0 Å². The SMILES string of the molecule is CCCCNC(=O)[C@@H](Cc1ccccc1)N(Cc1cccc(Cl)c1)C(=O)CN(c1cccc([N+](=O)[O-])c1)S(C)(=O)=O. The Bertz CT molecular complexity index is 1470. The van der Waals surface area contributed by atoms with E-state index in [-0.39, 0.29) is 30.2 Å². The number of sulfonamides is 1. The van der Waals surface area contributed by atoms with Gasteiger partial charge in [0.25, 0.3) is 5.69 Å². The van der Waals surface area contributed by atoms with Gasteiger partial charge in [-0.25, -0.2) is 8.42 Å². The van der Waals surface area contributed by atoms with Gasteiger partial charge in [-0.05, 0) is 35.7 Å². The van der Waals surface area contributed by atoms with Crippen LogP contribution in [0.5, 0.6) is 0 Å². The molecular weight excluding hydrogens is 568 g/mol. The molecule has 0 saturated heterocycles. The van der Waals surface area contributed by atoms with Crippen molar-refractivity contribution >= 4 is 44.8 Å². The average Bonchev–Trinajstić information content (AvgIpc) is 2.93. The summed E-state index contributed by atoms with van der Waals surface area (Å²) in [5.41, 5.74) is 1.10. The quantitative estimate of drug-likeness (QED) is 0.164. The van der Waals surface area contributed by atoms with Crippen LogP contribution in [0.3, 0.4) is 0 Å². The molecule has 1 N–H and O–H groups in total. The summed E-state index contributed by atoms with van der Waals surface area (Å²) in [6.45, 7) is 1.72. The number of amides is 2. The molecule has 0 aliphatic rings. The lowest BCUT2D eigenvalue weighted by atomic mass is 10.0. The highest BCUT2D eigenvalue weighted by atomic mass is 35.5. The first kappa shape index (κ1) is 31.6. The number of rotatable bonds is 14. The molecule has 0 saturated carbocycles. The maximum absolute atomic E-state index is 14.0. The van der Waals surface area contributed by atoms with E-state index in [1.54, 1.807) is 24.3 Å². The van der Waals surface area contributed by atoms with E-state index in [0.717, 1.165) is 35.0 Å². The normalized spacial score (nSPS) is 11.9. The van der Waals surface area contributed by atoms with Gasteiger partial charge in [0.2, 0.25) is 21.8 Å². The van der Waals surface area contributed by atoms with Gasteiger partial charge in [-0.3, -0.25) is 24.0 Å². The highest BCUT2D eigenvalue weighted by Crippen LogP contribution is 2.24. The van der Waals surface area contributed by atoms with Gasteiger partial charge in [-0.1, -0.05) is 73.5 Å². The van der Waals surface area contributed by atoms with Crippen molar-refractivity contribution in [2.45, 2.75) is 38.8 Å². The largest absolute Gasteiger partial charge is 0.354 e. The number of carbonyl (C=O) groups is 2. The number of nitro groups is 1. The van der Waals surface area contributed by atoms with Crippen LogP contribution in [0.4, 0.5) is 11.4 Å². The Morgan fingerprint density at radius 1 is 1.00 bits per heavy atom. The summed E-state index contributed by atoms with van der Waals surface area (Å²) >= 11 is 6.20. The molecule has 3 aromatic rings. The Morgan fingerprint density at radius 2 is 1.68 bits per heavy atom. The molecule has 1 atom stereocenters. The zero-order valence-corrected chi connectivity index (χ0v) is 24.5. The highest BCUT2D eigenvalue weighted by Gasteiger charge is 2.33. The van der Waals surface area contributed by atoms with Crippen LogP contribution in [0.15, 0.2) is 78.9 Å². The summed E-state index contributed by atoms with van der Waals surface area (Å²) in [6, 6.07) is 20.1. The monoisotopic (exact) mass is 600 g/mol. The summed E-state index contributed by atoms with van der Waals surface area (Å²) in [5, 5.41) is 14.7. The molecule has 10 nitrogen and oxygen atoms in total. The molecule has 0 radical (unpaired) electrons. The van der Waals surface area contributed by atoms with Crippen LogP contribution >= 0.6 is 11.6 Å². The summed E-state index contributed by atoms with van der Waals surface area (Å²) in [6.07, 6.45) is 2.71. The van der Waals surface area contributed by atoms with E-state index in [9.17, 15) is 28.1 Å². The van der Waals surface area contributed by atoms with Crippen molar-refractivity contribution in [3.63, 3.8) is 0 Å². The second-order valence-electron chi connectivity index (χ2n) is 9.55. The van der Waals surface area contributed by atoms with Gasteiger partial charge in [0.05, 0.1) is 16.9 Å². The van der Waals surface area contributed by atoms with Crippen molar-refractivity contribution in [1.29, 1.82) is 0 Å². The number of hydrogen-bond donors (Lipinski definition) is 1. The molecule has 218 valence electrons. The predicted octanol–water partition coefficient (Wildman–Crippen LogP) is 4.57. The van der Waals surface area contributed by atoms with E-state index < -0.39 is 33.4 Å². The third-order valence-corrected chi connectivity index (χ3v) is 7.73. The molecule has 3 rings (SSSR count). The third-order valence-electron chi connectivity index (χ3n) is 6.35. The lowest BCUT2D eigenvalue weighted by molar-refractivity contribution is -0.384. The topological polar surface area (TPSA) is 130 Å². The molecule has 0 unspecified atom stereocenters. The molecular formula is C29H33ClN4O6S. The number of nitrogens with zero attached hydrogens (tertiary/aromatic N) is 3. The number of nitrogens with one attached hydrogen (secondary N) is 1. The van der Waals surface area contributed by atoms with Crippen LogP contribution in [-0.2, 0) is 32.6 Å². The predicted molar refractivity (Wildman–Crippen MR) is 159 cm³/mol. The summed E-state index contributed by atoms with van der Waals surface area (Å²) in [7, 11) is -4.05. The molecule has 0 aliphatic carbocycles. The van der Waals surface area contributed by atoms with Gasteiger partial charge in [0.1, 0.15) is 12.6 Å². The van der Waals surface area contributed by atoms with E-state index in [1.165, 1.54) is 23.1 Å². The Labute approximate surface area is 245 Å². The van der Waals surface area contributed by atoms with Crippen LogP contribution in [0.1, 0.15) is 30.9 Å². The van der Waals surface area contributed by atoms with Crippen molar-refractivity contribution in [1.82, 2.24) is 10.2 Å². The highest BCUT2D eigenvalue weighted by molar-refractivity contribution is 7.92. The summed E-state index contributed by atoms with van der Waals surface area (Å²) in [5.74, 6) is -1.03. The zero-order valence-electron chi connectivity index (χ0n) is 22.9. The molecule has 0 aromatic heterocycles. The number of unbranched alkanes of at least 4 members (excludes halogenated alkanes) is 1. The number of hydrogen-bond acceptors (Lipinski definition) is 6. The molecule has 3 aromatic carbocycles. The van der Waals surface area contributed by atoms with E-state index >= 15 is 0 Å². The fraction of sp³-hybridized carbons (Fsp3) is 0.310. The maximum Gasteiger partial charge on any atom is 0.271 e. The first-order valence-electron chi connectivity index (χ1n) is 13.1. The van der Waals surface area contributed by atoms with Crippen molar-refractivity contribution in [2.24, 2.45) is 0 Å². The summed E-state index contributed by atoms with van der Waals surface area (Å²) < 4.78 is 26.5. The molecule has 41 heavy (non-hydrogen) atoms. The smallest absolute Gasteiger partial charge is 0.271 e. The van der Waals surface area contributed by atoms with Gasteiger partial charge in [-0.2, -0.15) is 0 Å². The number of anilines is 1. The first-order valence-corrected chi connectivity index (χ1v) is 15.3. The van der Waals surface area contributed by atoms with Gasteiger partial charge in [-0.15, -0.1) is 0 Å². The number of halogens is 1. The Hall–Kier alpha value is -3.96. The number of non-ortho nitro benzene ring substituents is 1. The molecule has 0 spiro atoms. The minimum absolute atomic E-state index is 0.0232. The van der Waals surface area contributed by atoms with Crippen molar-refractivity contribution in [3.05, 3.63) is 105 Å².